The predicted octanol–water partition coefficient (Wildman–Crippen LogP) is 2.88. The second kappa shape index (κ2) is 8.30. The monoisotopic (exact) mass is 302 g/mol. The molecule has 0 aliphatic heterocycles. The van der Waals surface area contributed by atoms with E-state index in [1.54, 1.807) is 30.0 Å². The molecule has 0 aliphatic rings. The first-order valence-electron chi connectivity index (χ1n) is 6.01. The standard InChI is InChI=1S/C13H19ClN2O2S/c1-9-11(14)4-3-5-12(9)16-13(18)15-10(6-7-17)8-19-2/h3-5,10,17H,6-8H2,1-2H3,(H2,15,16,18). The molecule has 0 saturated carbocycles. The molecular formula is C13H19ClN2O2S. The van der Waals surface area contributed by atoms with Gasteiger partial charge in [-0.3, -0.25) is 0 Å². The van der Waals surface area contributed by atoms with Gasteiger partial charge in [0.05, 0.1) is 0 Å². The van der Waals surface area contributed by atoms with Crippen LogP contribution in [-0.2, 0) is 0 Å². The molecule has 0 aromatic heterocycles. The second-order valence-corrected chi connectivity index (χ2v) is 5.49. The number of rotatable bonds is 6. The summed E-state index contributed by atoms with van der Waals surface area (Å²) in [6.45, 7) is 1.91. The minimum Gasteiger partial charge on any atom is -0.396 e. The summed E-state index contributed by atoms with van der Waals surface area (Å²) in [7, 11) is 0. The van der Waals surface area contributed by atoms with E-state index in [-0.39, 0.29) is 18.7 Å². The van der Waals surface area contributed by atoms with Gasteiger partial charge in [0, 0.05) is 29.1 Å². The lowest BCUT2D eigenvalue weighted by molar-refractivity contribution is 0.241. The van der Waals surface area contributed by atoms with Gasteiger partial charge in [-0.2, -0.15) is 11.8 Å². The summed E-state index contributed by atoms with van der Waals surface area (Å²) in [6, 6.07) is 5.05. The molecule has 6 heteroatoms. The molecule has 0 heterocycles. The van der Waals surface area contributed by atoms with Crippen LogP contribution in [0.5, 0.6) is 0 Å². The molecule has 1 aromatic carbocycles. The summed E-state index contributed by atoms with van der Waals surface area (Å²) >= 11 is 7.62. The molecule has 1 unspecified atom stereocenters. The molecule has 1 aromatic rings. The minimum absolute atomic E-state index is 0.0421. The van der Waals surface area contributed by atoms with Crippen molar-refractivity contribution in [3.05, 3.63) is 28.8 Å². The van der Waals surface area contributed by atoms with Crippen LogP contribution in [0.1, 0.15) is 12.0 Å². The third kappa shape index (κ3) is 5.30. The molecule has 0 bridgehead atoms. The maximum absolute atomic E-state index is 11.9. The van der Waals surface area contributed by atoms with Gasteiger partial charge in [-0.05, 0) is 37.3 Å². The van der Waals surface area contributed by atoms with Crippen LogP contribution in [0.2, 0.25) is 5.02 Å². The maximum atomic E-state index is 11.9. The second-order valence-electron chi connectivity index (χ2n) is 4.18. The first-order valence-corrected chi connectivity index (χ1v) is 7.78. The number of hydrogen-bond acceptors (Lipinski definition) is 3. The molecular weight excluding hydrogens is 284 g/mol. The molecule has 0 fully saturated rings. The fraction of sp³-hybridized carbons (Fsp3) is 0.462. The van der Waals surface area contributed by atoms with Crippen LogP contribution in [0.3, 0.4) is 0 Å². The Morgan fingerprint density at radius 1 is 1.53 bits per heavy atom. The number of anilines is 1. The Bertz CT molecular complexity index is 423. The van der Waals surface area contributed by atoms with Gasteiger partial charge in [0.25, 0.3) is 0 Å². The molecule has 106 valence electrons. The van der Waals surface area contributed by atoms with E-state index in [0.29, 0.717) is 17.1 Å². The van der Waals surface area contributed by atoms with Gasteiger partial charge in [-0.1, -0.05) is 17.7 Å². The number of aliphatic hydroxyl groups excluding tert-OH is 1. The molecule has 1 rings (SSSR count). The summed E-state index contributed by atoms with van der Waals surface area (Å²) in [4.78, 5) is 11.9. The smallest absolute Gasteiger partial charge is 0.319 e. The molecule has 3 N–H and O–H groups in total. The molecule has 0 spiro atoms. The van der Waals surface area contributed by atoms with Crippen molar-refractivity contribution in [1.29, 1.82) is 0 Å². The topological polar surface area (TPSA) is 61.4 Å². The number of benzene rings is 1. The molecule has 0 radical (unpaired) electrons. The zero-order valence-corrected chi connectivity index (χ0v) is 12.6. The largest absolute Gasteiger partial charge is 0.396 e. The Balaban J connectivity index is 2.61. The Labute approximate surface area is 122 Å². The SMILES string of the molecule is CSCC(CCO)NC(=O)Nc1cccc(Cl)c1C. The number of thioether (sulfide) groups is 1. The fourth-order valence-electron chi connectivity index (χ4n) is 1.64. The fourth-order valence-corrected chi connectivity index (χ4v) is 2.47. The van der Waals surface area contributed by atoms with Crippen molar-refractivity contribution < 1.29 is 9.90 Å². The Morgan fingerprint density at radius 2 is 2.26 bits per heavy atom. The van der Waals surface area contributed by atoms with Crippen LogP contribution in [-0.4, -0.2) is 35.8 Å². The number of urea groups is 1. The summed E-state index contributed by atoms with van der Waals surface area (Å²) in [6.07, 6.45) is 2.51. The highest BCUT2D eigenvalue weighted by Gasteiger charge is 2.12. The zero-order valence-electron chi connectivity index (χ0n) is 11.1. The number of carbonyl (C=O) groups is 1. The summed E-state index contributed by atoms with van der Waals surface area (Å²) in [5.41, 5.74) is 1.53. The molecule has 0 saturated heterocycles. The number of carbonyl (C=O) groups excluding carboxylic acids is 1. The Morgan fingerprint density at radius 3 is 2.89 bits per heavy atom. The van der Waals surface area contributed by atoms with Gasteiger partial charge in [-0.25, -0.2) is 4.79 Å². The first-order chi connectivity index (χ1) is 9.08. The van der Waals surface area contributed by atoms with E-state index in [0.717, 1.165) is 11.3 Å². The van der Waals surface area contributed by atoms with Gasteiger partial charge < -0.3 is 15.7 Å². The molecule has 2 amide bonds. The minimum atomic E-state index is -0.280. The number of amides is 2. The van der Waals surface area contributed by atoms with E-state index in [9.17, 15) is 4.79 Å². The lowest BCUT2D eigenvalue weighted by Crippen LogP contribution is -2.40. The van der Waals surface area contributed by atoms with Gasteiger partial charge in [0.15, 0.2) is 0 Å². The highest BCUT2D eigenvalue weighted by molar-refractivity contribution is 7.98. The average molecular weight is 303 g/mol. The number of nitrogens with one attached hydrogen (secondary N) is 2. The highest BCUT2D eigenvalue weighted by atomic mass is 35.5. The quantitative estimate of drug-likeness (QED) is 0.757. The first kappa shape index (κ1) is 16.1. The van der Waals surface area contributed by atoms with Crippen LogP contribution in [0, 0.1) is 6.92 Å². The van der Waals surface area contributed by atoms with Gasteiger partial charge in [0.1, 0.15) is 0 Å². The van der Waals surface area contributed by atoms with Crippen LogP contribution in [0.4, 0.5) is 10.5 Å². The van der Waals surface area contributed by atoms with Crippen molar-refractivity contribution in [3.8, 4) is 0 Å². The van der Waals surface area contributed by atoms with E-state index in [1.165, 1.54) is 0 Å². The maximum Gasteiger partial charge on any atom is 0.319 e. The highest BCUT2D eigenvalue weighted by Crippen LogP contribution is 2.22. The van der Waals surface area contributed by atoms with Crippen molar-refractivity contribution in [2.75, 3.05) is 23.9 Å². The van der Waals surface area contributed by atoms with E-state index >= 15 is 0 Å². The van der Waals surface area contributed by atoms with Crippen molar-refractivity contribution >= 4 is 35.1 Å². The third-order valence-corrected chi connectivity index (χ3v) is 3.84. The Kier molecular flexibility index (Phi) is 7.05. The molecule has 0 aliphatic carbocycles. The van der Waals surface area contributed by atoms with Gasteiger partial charge in [0.2, 0.25) is 0 Å². The van der Waals surface area contributed by atoms with E-state index in [2.05, 4.69) is 10.6 Å². The van der Waals surface area contributed by atoms with E-state index in [1.807, 2.05) is 13.2 Å². The molecule has 1 atom stereocenters. The van der Waals surface area contributed by atoms with E-state index in [4.69, 9.17) is 16.7 Å². The lowest BCUT2D eigenvalue weighted by Gasteiger charge is -2.18. The van der Waals surface area contributed by atoms with Crippen molar-refractivity contribution in [2.24, 2.45) is 0 Å². The number of hydrogen-bond donors (Lipinski definition) is 3. The third-order valence-electron chi connectivity index (χ3n) is 2.70. The van der Waals surface area contributed by atoms with Crippen molar-refractivity contribution in [3.63, 3.8) is 0 Å². The summed E-state index contributed by atoms with van der Waals surface area (Å²) < 4.78 is 0. The summed E-state index contributed by atoms with van der Waals surface area (Å²) in [5.74, 6) is 0.766. The van der Waals surface area contributed by atoms with Crippen LogP contribution < -0.4 is 10.6 Å². The normalized spacial score (nSPS) is 12.0. The zero-order chi connectivity index (χ0) is 14.3. The van der Waals surface area contributed by atoms with Crippen molar-refractivity contribution in [2.45, 2.75) is 19.4 Å². The van der Waals surface area contributed by atoms with E-state index < -0.39 is 0 Å². The van der Waals surface area contributed by atoms with Crippen molar-refractivity contribution in [1.82, 2.24) is 5.32 Å². The van der Waals surface area contributed by atoms with Gasteiger partial charge >= 0.3 is 6.03 Å². The van der Waals surface area contributed by atoms with Crippen LogP contribution >= 0.6 is 23.4 Å². The van der Waals surface area contributed by atoms with Gasteiger partial charge in [-0.15, -0.1) is 0 Å². The van der Waals surface area contributed by atoms with Crippen LogP contribution in [0.25, 0.3) is 0 Å². The number of aliphatic hydroxyl groups is 1. The molecule has 4 nitrogen and oxygen atoms in total. The van der Waals surface area contributed by atoms with Crippen LogP contribution in [0.15, 0.2) is 18.2 Å². The average Bonchev–Trinajstić information content (AvgIpc) is 2.35. The predicted molar refractivity (Wildman–Crippen MR) is 82.2 cm³/mol. The summed E-state index contributed by atoms with van der Waals surface area (Å²) in [5, 5.41) is 15.2. The number of halogens is 1. The molecule has 19 heavy (non-hydrogen) atoms. The lowest BCUT2D eigenvalue weighted by atomic mass is 10.2. The Hall–Kier alpha value is -0.910.